The lowest BCUT2D eigenvalue weighted by molar-refractivity contribution is -0.189. The average molecular weight is 328 g/mol. The Bertz CT molecular complexity index is 650. The van der Waals surface area contributed by atoms with Crippen LogP contribution in [0.5, 0.6) is 0 Å². The van der Waals surface area contributed by atoms with Gasteiger partial charge >= 0.3 is 12.1 Å². The molecule has 3 rings (SSSR count). The molecule has 1 aliphatic heterocycles. The monoisotopic (exact) mass is 328 g/mol. The number of hydrogen-bond donors (Lipinski definition) is 0. The van der Waals surface area contributed by atoms with Crippen LogP contribution in [0.15, 0.2) is 24.3 Å². The molecule has 2 aromatic rings. The van der Waals surface area contributed by atoms with E-state index in [1.165, 1.54) is 11.3 Å². The minimum absolute atomic E-state index is 0.175. The molecule has 0 bridgehead atoms. The number of carbonyl (C=O) groups excluding carboxylic acids is 1. The van der Waals surface area contributed by atoms with E-state index in [0.717, 1.165) is 26.5 Å². The summed E-state index contributed by atoms with van der Waals surface area (Å²) in [5, 5.41) is 0.785. The van der Waals surface area contributed by atoms with Gasteiger partial charge in [-0.05, 0) is 31.4 Å². The molecule has 7 heteroatoms. The van der Waals surface area contributed by atoms with Crippen LogP contribution in [0.25, 0.3) is 10.2 Å². The highest BCUT2D eigenvalue weighted by Gasteiger charge is 2.45. The summed E-state index contributed by atoms with van der Waals surface area (Å²) in [5.41, 5.74) is 0.854. The molecule has 2 heterocycles. The van der Waals surface area contributed by atoms with E-state index in [1.807, 2.05) is 24.3 Å². The Morgan fingerprint density at radius 2 is 2.09 bits per heavy atom. The van der Waals surface area contributed by atoms with Crippen molar-refractivity contribution in [3.05, 3.63) is 29.3 Å². The highest BCUT2D eigenvalue weighted by molar-refractivity contribution is 7.18. The summed E-state index contributed by atoms with van der Waals surface area (Å²) in [6.45, 7) is 0.175. The van der Waals surface area contributed by atoms with Crippen LogP contribution < -0.4 is 0 Å². The third-order valence-corrected chi connectivity index (χ3v) is 4.94. The second kappa shape index (κ2) is 5.87. The van der Waals surface area contributed by atoms with Crippen molar-refractivity contribution in [3.63, 3.8) is 0 Å². The lowest BCUT2D eigenvalue weighted by Gasteiger charge is -2.35. The largest absolute Gasteiger partial charge is 0.471 e. The number of amides is 1. The fraction of sp³-hybridized carbons (Fsp3) is 0.467. The summed E-state index contributed by atoms with van der Waals surface area (Å²) in [5.74, 6) is -1.72. The molecule has 0 saturated carbocycles. The van der Waals surface area contributed by atoms with Gasteiger partial charge in [-0.25, -0.2) is 4.98 Å². The van der Waals surface area contributed by atoms with E-state index in [1.54, 1.807) is 0 Å². The molecule has 1 unspecified atom stereocenters. The van der Waals surface area contributed by atoms with Gasteiger partial charge in [0.15, 0.2) is 0 Å². The maximum atomic E-state index is 12.7. The molecule has 22 heavy (non-hydrogen) atoms. The van der Waals surface area contributed by atoms with Crippen LogP contribution in [0.4, 0.5) is 13.2 Å². The van der Waals surface area contributed by atoms with Gasteiger partial charge in [0.2, 0.25) is 0 Å². The number of aromatic nitrogens is 1. The number of piperidine rings is 1. The molecule has 0 N–H and O–H groups in total. The second-order valence-electron chi connectivity index (χ2n) is 5.43. The predicted octanol–water partition coefficient (Wildman–Crippen LogP) is 3.78. The zero-order valence-electron chi connectivity index (χ0n) is 11.8. The lowest BCUT2D eigenvalue weighted by atomic mass is 9.99. The predicted molar refractivity (Wildman–Crippen MR) is 78.7 cm³/mol. The van der Waals surface area contributed by atoms with Gasteiger partial charge in [0.05, 0.1) is 15.2 Å². The molecule has 1 atom stereocenters. The van der Waals surface area contributed by atoms with E-state index >= 15 is 0 Å². The maximum Gasteiger partial charge on any atom is 0.471 e. The van der Waals surface area contributed by atoms with E-state index < -0.39 is 18.1 Å². The molecule has 1 aliphatic rings. The molecule has 0 aliphatic carbocycles. The van der Waals surface area contributed by atoms with Gasteiger partial charge in [0, 0.05) is 19.0 Å². The van der Waals surface area contributed by atoms with Crippen LogP contribution >= 0.6 is 11.3 Å². The third-order valence-electron chi connectivity index (χ3n) is 3.88. The van der Waals surface area contributed by atoms with Gasteiger partial charge in [-0.3, -0.25) is 4.79 Å². The van der Waals surface area contributed by atoms with Crippen molar-refractivity contribution in [1.29, 1.82) is 0 Å². The average Bonchev–Trinajstić information content (AvgIpc) is 2.88. The Morgan fingerprint density at radius 1 is 1.32 bits per heavy atom. The minimum atomic E-state index is -4.80. The van der Waals surface area contributed by atoms with Crippen LogP contribution in [-0.2, 0) is 11.2 Å². The van der Waals surface area contributed by atoms with Crippen molar-refractivity contribution in [2.45, 2.75) is 37.9 Å². The fourth-order valence-corrected chi connectivity index (χ4v) is 3.89. The first kappa shape index (κ1) is 15.3. The summed E-state index contributed by atoms with van der Waals surface area (Å²) in [4.78, 5) is 17.0. The molecule has 118 valence electrons. The normalized spacial score (nSPS) is 19.6. The topological polar surface area (TPSA) is 33.2 Å². The maximum absolute atomic E-state index is 12.7. The molecule has 1 fully saturated rings. The Kier molecular flexibility index (Phi) is 4.08. The van der Waals surface area contributed by atoms with Crippen LogP contribution in [0, 0.1) is 0 Å². The van der Waals surface area contributed by atoms with Crippen LogP contribution in [0.2, 0.25) is 0 Å². The van der Waals surface area contributed by atoms with Crippen molar-refractivity contribution in [3.8, 4) is 0 Å². The van der Waals surface area contributed by atoms with E-state index in [0.29, 0.717) is 19.3 Å². The summed E-state index contributed by atoms with van der Waals surface area (Å²) >= 11 is 1.48. The number of hydrogen-bond acceptors (Lipinski definition) is 3. The minimum Gasteiger partial charge on any atom is -0.331 e. The van der Waals surface area contributed by atoms with Gasteiger partial charge in [0.25, 0.3) is 0 Å². The molecule has 1 saturated heterocycles. The summed E-state index contributed by atoms with van der Waals surface area (Å²) in [7, 11) is 0. The molecule has 3 nitrogen and oxygen atoms in total. The van der Waals surface area contributed by atoms with Gasteiger partial charge in [0.1, 0.15) is 0 Å². The van der Waals surface area contributed by atoms with Crippen molar-refractivity contribution >= 4 is 27.5 Å². The van der Waals surface area contributed by atoms with Gasteiger partial charge in [-0.1, -0.05) is 12.1 Å². The molecular formula is C15H15F3N2OS. The molecule has 0 radical (unpaired) electrons. The van der Waals surface area contributed by atoms with Crippen molar-refractivity contribution in [1.82, 2.24) is 9.88 Å². The Balaban J connectivity index is 1.80. The Hall–Kier alpha value is -1.63. The number of rotatable bonds is 2. The number of benzene rings is 1. The van der Waals surface area contributed by atoms with E-state index in [2.05, 4.69) is 4.98 Å². The first-order chi connectivity index (χ1) is 10.4. The molecule has 1 aromatic heterocycles. The zero-order chi connectivity index (χ0) is 15.7. The van der Waals surface area contributed by atoms with Crippen molar-refractivity contribution < 1.29 is 18.0 Å². The third kappa shape index (κ3) is 3.09. The van der Waals surface area contributed by atoms with Gasteiger partial charge < -0.3 is 4.90 Å². The summed E-state index contributed by atoms with van der Waals surface area (Å²) in [6, 6.07) is 7.20. The number of halogens is 3. The number of likely N-dealkylation sites (tertiary alicyclic amines) is 1. The fourth-order valence-electron chi connectivity index (χ4n) is 2.85. The van der Waals surface area contributed by atoms with E-state index in [9.17, 15) is 18.0 Å². The zero-order valence-corrected chi connectivity index (χ0v) is 12.6. The Morgan fingerprint density at radius 3 is 2.82 bits per heavy atom. The first-order valence-corrected chi connectivity index (χ1v) is 7.99. The number of alkyl halides is 3. The first-order valence-electron chi connectivity index (χ1n) is 7.17. The van der Waals surface area contributed by atoms with E-state index in [4.69, 9.17) is 0 Å². The molecule has 1 amide bonds. The van der Waals surface area contributed by atoms with E-state index in [-0.39, 0.29) is 6.54 Å². The van der Waals surface area contributed by atoms with Gasteiger partial charge in [-0.15, -0.1) is 11.3 Å². The van der Waals surface area contributed by atoms with Gasteiger partial charge in [-0.2, -0.15) is 13.2 Å². The highest BCUT2D eigenvalue weighted by Crippen LogP contribution is 2.29. The summed E-state index contributed by atoms with van der Waals surface area (Å²) in [6.07, 6.45) is -2.35. The SMILES string of the molecule is O=C(N1CCCCC1Cc1nc2ccccc2s1)C(F)(F)F. The number of fused-ring (bicyclic) bond motifs is 1. The van der Waals surface area contributed by atoms with Crippen LogP contribution in [0.3, 0.4) is 0 Å². The quantitative estimate of drug-likeness (QED) is 0.840. The number of para-hydroxylation sites is 1. The summed E-state index contributed by atoms with van der Waals surface area (Å²) < 4.78 is 39.1. The lowest BCUT2D eigenvalue weighted by Crippen LogP contribution is -2.50. The number of nitrogens with zero attached hydrogens (tertiary/aromatic N) is 2. The Labute approximate surface area is 129 Å². The van der Waals surface area contributed by atoms with Crippen LogP contribution in [0.1, 0.15) is 24.3 Å². The van der Waals surface area contributed by atoms with Crippen LogP contribution in [-0.4, -0.2) is 34.6 Å². The molecular weight excluding hydrogens is 313 g/mol. The molecule has 0 spiro atoms. The number of thiazole rings is 1. The molecule has 1 aromatic carbocycles. The smallest absolute Gasteiger partial charge is 0.331 e. The highest BCUT2D eigenvalue weighted by atomic mass is 32.1. The number of carbonyl (C=O) groups is 1. The second-order valence-corrected chi connectivity index (χ2v) is 6.54. The van der Waals surface area contributed by atoms with Crippen molar-refractivity contribution in [2.75, 3.05) is 6.54 Å². The van der Waals surface area contributed by atoms with Crippen molar-refractivity contribution in [2.24, 2.45) is 0 Å². The standard InChI is InChI=1S/C15H15F3N2OS/c16-15(17,18)14(21)20-8-4-3-5-10(20)9-13-19-11-6-1-2-7-12(11)22-13/h1-2,6-7,10H,3-5,8-9H2.